The maximum atomic E-state index is 12.9. The molecule has 0 radical (unpaired) electrons. The van der Waals surface area contributed by atoms with E-state index in [4.69, 9.17) is 4.74 Å². The zero-order valence-electron chi connectivity index (χ0n) is 15.3. The van der Waals surface area contributed by atoms with E-state index in [1.807, 2.05) is 0 Å². The molecular weight excluding hydrogens is 378 g/mol. The predicted molar refractivity (Wildman–Crippen MR) is 101 cm³/mol. The molecule has 2 aromatic carbocycles. The number of barbiturate groups is 1. The van der Waals surface area contributed by atoms with E-state index in [-0.39, 0.29) is 16.9 Å². The molecule has 0 aliphatic carbocycles. The minimum Gasteiger partial charge on any atom is -0.545 e. The van der Waals surface area contributed by atoms with E-state index in [1.54, 1.807) is 12.1 Å². The van der Waals surface area contributed by atoms with Crippen LogP contribution in [-0.4, -0.2) is 30.9 Å². The number of carboxylic acids is 1. The van der Waals surface area contributed by atoms with Gasteiger partial charge in [-0.15, -0.1) is 0 Å². The number of rotatable bonds is 6. The summed E-state index contributed by atoms with van der Waals surface area (Å²) in [6.07, 6.45) is 0. The number of hydrogen-bond acceptors (Lipinski definition) is 7. The van der Waals surface area contributed by atoms with Gasteiger partial charge in [-0.3, -0.25) is 14.9 Å². The Morgan fingerprint density at radius 3 is 2.28 bits per heavy atom. The van der Waals surface area contributed by atoms with Gasteiger partial charge in [0.15, 0.2) is 5.92 Å². The summed E-state index contributed by atoms with van der Waals surface area (Å²) in [6.45, 7) is 3.73. The molecule has 148 valence electrons. The molecule has 1 aliphatic heterocycles. The van der Waals surface area contributed by atoms with Gasteiger partial charge in [-0.1, -0.05) is 18.7 Å². The average molecular weight is 394 g/mol. The molecule has 2 N–H and O–H groups in total. The third kappa shape index (κ3) is 3.93. The highest BCUT2D eigenvalue weighted by molar-refractivity contribution is 6.28. The Kier molecular flexibility index (Phi) is 5.31. The topological polar surface area (TPSA) is 128 Å². The summed E-state index contributed by atoms with van der Waals surface area (Å²) in [5.74, 6) is -3.74. The molecule has 2 aromatic rings. The van der Waals surface area contributed by atoms with Crippen LogP contribution in [0.3, 0.4) is 0 Å². The van der Waals surface area contributed by atoms with E-state index in [1.165, 1.54) is 43.5 Å². The number of imide groups is 2. The zero-order valence-corrected chi connectivity index (χ0v) is 15.3. The molecule has 1 fully saturated rings. The molecule has 1 aliphatic rings. The fourth-order valence-corrected chi connectivity index (χ4v) is 2.81. The SMILES string of the molecule is C=C(Nc1ccc(C(=O)[O-])cc1)[C@@H]1C(=O)NC(=O)N(c2ccc(OC)cc2)C1=O. The number of nitrogens with one attached hydrogen (secondary N) is 2. The number of carbonyl (C=O) groups excluding carboxylic acids is 4. The Morgan fingerprint density at radius 2 is 1.72 bits per heavy atom. The third-order valence-electron chi connectivity index (χ3n) is 4.27. The smallest absolute Gasteiger partial charge is 0.335 e. The highest BCUT2D eigenvalue weighted by Crippen LogP contribution is 2.26. The van der Waals surface area contributed by atoms with Gasteiger partial charge in [0.1, 0.15) is 5.75 Å². The molecule has 0 saturated carbocycles. The van der Waals surface area contributed by atoms with Gasteiger partial charge in [0.05, 0.1) is 18.8 Å². The maximum absolute atomic E-state index is 12.9. The van der Waals surface area contributed by atoms with Crippen molar-refractivity contribution in [1.82, 2.24) is 5.32 Å². The minimum atomic E-state index is -1.37. The highest BCUT2D eigenvalue weighted by Gasteiger charge is 2.43. The van der Waals surface area contributed by atoms with Crippen LogP contribution in [0.1, 0.15) is 10.4 Å². The number of carbonyl (C=O) groups is 4. The largest absolute Gasteiger partial charge is 0.545 e. The first kappa shape index (κ1) is 19.6. The Bertz CT molecular complexity index is 998. The Labute approximate surface area is 165 Å². The molecule has 9 nitrogen and oxygen atoms in total. The summed E-state index contributed by atoms with van der Waals surface area (Å²) in [5.41, 5.74) is 0.675. The van der Waals surface area contributed by atoms with Crippen molar-refractivity contribution in [3.63, 3.8) is 0 Å². The van der Waals surface area contributed by atoms with E-state index in [2.05, 4.69) is 17.2 Å². The molecule has 4 amide bonds. The lowest BCUT2D eigenvalue weighted by atomic mass is 10.0. The van der Waals surface area contributed by atoms with Crippen LogP contribution < -0.4 is 25.4 Å². The first-order valence-corrected chi connectivity index (χ1v) is 8.42. The van der Waals surface area contributed by atoms with Crippen LogP contribution >= 0.6 is 0 Å². The van der Waals surface area contributed by atoms with Crippen LogP contribution in [0.2, 0.25) is 0 Å². The van der Waals surface area contributed by atoms with Crippen LogP contribution in [0.15, 0.2) is 60.8 Å². The molecule has 0 spiro atoms. The summed E-state index contributed by atoms with van der Waals surface area (Å²) in [5, 5.41) is 15.8. The summed E-state index contributed by atoms with van der Waals surface area (Å²) in [7, 11) is 1.48. The van der Waals surface area contributed by atoms with Crippen molar-refractivity contribution in [3.8, 4) is 5.75 Å². The second-order valence-electron chi connectivity index (χ2n) is 6.11. The lowest BCUT2D eigenvalue weighted by Crippen LogP contribution is -2.59. The Hall–Kier alpha value is -4.14. The molecule has 0 unspecified atom stereocenters. The van der Waals surface area contributed by atoms with Crippen molar-refractivity contribution in [2.24, 2.45) is 5.92 Å². The normalized spacial score (nSPS) is 16.2. The molecule has 1 heterocycles. The molecule has 0 bridgehead atoms. The molecule has 1 saturated heterocycles. The number of ether oxygens (including phenoxy) is 1. The lowest BCUT2D eigenvalue weighted by Gasteiger charge is -2.31. The van der Waals surface area contributed by atoms with Crippen molar-refractivity contribution in [2.45, 2.75) is 0 Å². The fraction of sp³-hybridized carbons (Fsp3) is 0.100. The second-order valence-corrected chi connectivity index (χ2v) is 6.11. The summed E-state index contributed by atoms with van der Waals surface area (Å²) >= 11 is 0. The van der Waals surface area contributed by atoms with Crippen molar-refractivity contribution in [1.29, 1.82) is 0 Å². The number of carboxylic acid groups (broad SMARTS) is 1. The van der Waals surface area contributed by atoms with E-state index in [0.29, 0.717) is 11.4 Å². The monoisotopic (exact) mass is 394 g/mol. The average Bonchev–Trinajstić information content (AvgIpc) is 2.68. The van der Waals surface area contributed by atoms with Gasteiger partial charge in [0.2, 0.25) is 5.91 Å². The van der Waals surface area contributed by atoms with E-state index >= 15 is 0 Å². The van der Waals surface area contributed by atoms with Gasteiger partial charge in [-0.25, -0.2) is 9.69 Å². The van der Waals surface area contributed by atoms with E-state index in [9.17, 15) is 24.3 Å². The first-order chi connectivity index (χ1) is 13.8. The number of anilines is 2. The number of urea groups is 1. The zero-order chi connectivity index (χ0) is 21.1. The quantitative estimate of drug-likeness (QED) is 0.696. The summed E-state index contributed by atoms with van der Waals surface area (Å²) < 4.78 is 5.05. The molecular formula is C20H16N3O6-. The van der Waals surface area contributed by atoms with Crippen LogP contribution in [0.4, 0.5) is 16.2 Å². The van der Waals surface area contributed by atoms with Gasteiger partial charge in [-0.05, 0) is 42.0 Å². The Morgan fingerprint density at radius 1 is 1.10 bits per heavy atom. The van der Waals surface area contributed by atoms with E-state index < -0.39 is 29.7 Å². The lowest BCUT2D eigenvalue weighted by molar-refractivity contribution is -0.255. The molecule has 9 heteroatoms. The van der Waals surface area contributed by atoms with Crippen molar-refractivity contribution in [2.75, 3.05) is 17.3 Å². The molecule has 1 atom stereocenters. The minimum absolute atomic E-state index is 0.0241. The van der Waals surface area contributed by atoms with Crippen molar-refractivity contribution in [3.05, 3.63) is 66.4 Å². The summed E-state index contributed by atoms with van der Waals surface area (Å²) in [4.78, 5) is 49.1. The fourth-order valence-electron chi connectivity index (χ4n) is 2.81. The number of nitrogens with zero attached hydrogens (tertiary/aromatic N) is 1. The summed E-state index contributed by atoms with van der Waals surface area (Å²) in [6, 6.07) is 10.8. The van der Waals surface area contributed by atoms with Gasteiger partial charge in [-0.2, -0.15) is 0 Å². The predicted octanol–water partition coefficient (Wildman–Crippen LogP) is 0.883. The van der Waals surface area contributed by atoms with Crippen LogP contribution in [0.25, 0.3) is 0 Å². The molecule has 3 rings (SSSR count). The van der Waals surface area contributed by atoms with Crippen LogP contribution in [-0.2, 0) is 9.59 Å². The second kappa shape index (κ2) is 7.85. The van der Waals surface area contributed by atoms with Gasteiger partial charge in [0, 0.05) is 11.4 Å². The highest BCUT2D eigenvalue weighted by atomic mass is 16.5. The van der Waals surface area contributed by atoms with Gasteiger partial charge >= 0.3 is 6.03 Å². The number of amides is 4. The van der Waals surface area contributed by atoms with Crippen molar-refractivity contribution < 1.29 is 29.0 Å². The standard InChI is InChI=1S/C20H17N3O6/c1-11(21-13-5-3-12(4-6-13)19(26)27)16-17(24)22-20(28)23(18(16)25)14-7-9-15(29-2)10-8-14/h3-10,16,21H,1H2,2H3,(H,26,27)(H,22,24,28)/p-1/t16-/m1/s1. The van der Waals surface area contributed by atoms with Crippen LogP contribution in [0, 0.1) is 5.92 Å². The number of hydrogen-bond donors (Lipinski definition) is 2. The van der Waals surface area contributed by atoms with Gasteiger partial charge < -0.3 is 20.0 Å². The molecule has 0 aromatic heterocycles. The van der Waals surface area contributed by atoms with E-state index in [0.717, 1.165) is 4.90 Å². The Balaban J connectivity index is 1.82. The number of methoxy groups -OCH3 is 1. The molecule has 29 heavy (non-hydrogen) atoms. The third-order valence-corrected chi connectivity index (χ3v) is 4.27. The van der Waals surface area contributed by atoms with Crippen LogP contribution in [0.5, 0.6) is 5.75 Å². The number of aromatic carboxylic acids is 1. The number of benzene rings is 2. The first-order valence-electron chi connectivity index (χ1n) is 8.42. The maximum Gasteiger partial charge on any atom is 0.335 e. The van der Waals surface area contributed by atoms with Crippen molar-refractivity contribution >= 4 is 35.2 Å². The van der Waals surface area contributed by atoms with Gasteiger partial charge in [0.25, 0.3) is 5.91 Å².